The van der Waals surface area contributed by atoms with E-state index in [1.54, 1.807) is 19.4 Å². The zero-order valence-corrected chi connectivity index (χ0v) is 15.4. The summed E-state index contributed by atoms with van der Waals surface area (Å²) in [6.45, 7) is 3.75. The van der Waals surface area contributed by atoms with Gasteiger partial charge in [-0.3, -0.25) is 4.79 Å². The quantitative estimate of drug-likeness (QED) is 0.761. The van der Waals surface area contributed by atoms with Gasteiger partial charge in [0.1, 0.15) is 23.7 Å². The van der Waals surface area contributed by atoms with Crippen molar-refractivity contribution < 1.29 is 18.8 Å². The van der Waals surface area contributed by atoms with Gasteiger partial charge in [0.05, 0.1) is 12.7 Å². The molecule has 0 spiro atoms. The van der Waals surface area contributed by atoms with Gasteiger partial charge >= 0.3 is 0 Å². The Kier molecular flexibility index (Phi) is 5.93. The highest BCUT2D eigenvalue weighted by molar-refractivity contribution is 5.76. The summed E-state index contributed by atoms with van der Waals surface area (Å²) in [6.07, 6.45) is 4.35. The van der Waals surface area contributed by atoms with Crippen molar-refractivity contribution in [3.63, 3.8) is 0 Å². The van der Waals surface area contributed by atoms with E-state index in [0.29, 0.717) is 26.0 Å². The number of piperidine rings is 1. The predicted molar refractivity (Wildman–Crippen MR) is 97.1 cm³/mol. The first-order valence-corrected chi connectivity index (χ1v) is 9.03. The fourth-order valence-corrected chi connectivity index (χ4v) is 3.34. The standard InChI is InChI=1S/C20H26N2O4/c1-16-6-3-4-7-18(16)25-15-20(24-2)11-5-13-22(14-20)19(23)9-8-17-10-12-21-26-17/h3-4,6-7,10,12H,5,8-9,11,13-15H2,1-2H3. The summed E-state index contributed by atoms with van der Waals surface area (Å²) in [4.78, 5) is 14.5. The monoisotopic (exact) mass is 358 g/mol. The highest BCUT2D eigenvalue weighted by atomic mass is 16.5. The van der Waals surface area contributed by atoms with Crippen LogP contribution in [0.5, 0.6) is 5.75 Å². The number of methoxy groups -OCH3 is 1. The van der Waals surface area contributed by atoms with Gasteiger partial charge in [-0.25, -0.2) is 0 Å². The van der Waals surface area contributed by atoms with E-state index in [1.807, 2.05) is 36.1 Å². The first-order valence-electron chi connectivity index (χ1n) is 9.03. The van der Waals surface area contributed by atoms with Gasteiger partial charge in [-0.2, -0.15) is 0 Å². The van der Waals surface area contributed by atoms with Crippen molar-refractivity contribution in [3.8, 4) is 5.75 Å². The van der Waals surface area contributed by atoms with Crippen LogP contribution in [0, 0.1) is 6.92 Å². The lowest BCUT2D eigenvalue weighted by molar-refractivity contribution is -0.143. The zero-order valence-electron chi connectivity index (χ0n) is 15.4. The molecular weight excluding hydrogens is 332 g/mol. The number of rotatable bonds is 7. The highest BCUT2D eigenvalue weighted by Gasteiger charge is 2.38. The minimum atomic E-state index is -0.470. The Labute approximate surface area is 154 Å². The van der Waals surface area contributed by atoms with E-state index in [9.17, 15) is 4.79 Å². The van der Waals surface area contributed by atoms with E-state index >= 15 is 0 Å². The number of nitrogens with zero attached hydrogens (tertiary/aromatic N) is 2. The number of amides is 1. The van der Waals surface area contributed by atoms with Gasteiger partial charge < -0.3 is 18.9 Å². The normalized spacial score (nSPS) is 20.2. The lowest BCUT2D eigenvalue weighted by Gasteiger charge is -2.41. The maximum absolute atomic E-state index is 12.6. The Balaban J connectivity index is 1.58. The van der Waals surface area contributed by atoms with Gasteiger partial charge in [-0.15, -0.1) is 0 Å². The molecule has 1 aliphatic heterocycles. The Morgan fingerprint density at radius 1 is 1.35 bits per heavy atom. The third kappa shape index (κ3) is 4.43. The molecule has 1 saturated heterocycles. The van der Waals surface area contributed by atoms with E-state index in [4.69, 9.17) is 14.0 Å². The van der Waals surface area contributed by atoms with Crippen molar-refractivity contribution in [3.05, 3.63) is 47.9 Å². The maximum atomic E-state index is 12.6. The van der Waals surface area contributed by atoms with Gasteiger partial charge in [-0.1, -0.05) is 23.4 Å². The molecule has 2 heterocycles. The van der Waals surface area contributed by atoms with E-state index in [-0.39, 0.29) is 5.91 Å². The molecule has 26 heavy (non-hydrogen) atoms. The van der Waals surface area contributed by atoms with Crippen LogP contribution in [0.25, 0.3) is 0 Å². The number of ether oxygens (including phenoxy) is 2. The summed E-state index contributed by atoms with van der Waals surface area (Å²) in [7, 11) is 1.70. The Hall–Kier alpha value is -2.34. The summed E-state index contributed by atoms with van der Waals surface area (Å²) in [5.74, 6) is 1.70. The largest absolute Gasteiger partial charge is 0.490 e. The van der Waals surface area contributed by atoms with E-state index in [0.717, 1.165) is 36.5 Å². The number of likely N-dealkylation sites (tertiary alicyclic amines) is 1. The fourth-order valence-electron chi connectivity index (χ4n) is 3.34. The SMILES string of the molecule is COC1(COc2ccccc2C)CCCN(C(=O)CCc2ccno2)C1. The van der Waals surface area contributed by atoms with Crippen LogP contribution < -0.4 is 4.74 Å². The van der Waals surface area contributed by atoms with Crippen molar-refractivity contribution in [2.75, 3.05) is 26.8 Å². The molecule has 1 fully saturated rings. The molecule has 140 valence electrons. The molecule has 3 rings (SSSR count). The second-order valence-corrected chi connectivity index (χ2v) is 6.84. The third-order valence-electron chi connectivity index (χ3n) is 4.99. The summed E-state index contributed by atoms with van der Waals surface area (Å²) in [5, 5.41) is 3.67. The molecule has 1 aromatic carbocycles. The fraction of sp³-hybridized carbons (Fsp3) is 0.500. The van der Waals surface area contributed by atoms with Gasteiger partial charge in [0.25, 0.3) is 0 Å². The van der Waals surface area contributed by atoms with Crippen LogP contribution in [0.2, 0.25) is 0 Å². The van der Waals surface area contributed by atoms with Crippen LogP contribution in [0.15, 0.2) is 41.1 Å². The van der Waals surface area contributed by atoms with Gasteiger partial charge in [0.2, 0.25) is 5.91 Å². The number of benzene rings is 1. The minimum absolute atomic E-state index is 0.110. The van der Waals surface area contributed by atoms with Gasteiger partial charge in [0.15, 0.2) is 0 Å². The molecule has 0 aliphatic carbocycles. The van der Waals surface area contributed by atoms with Crippen LogP contribution in [-0.4, -0.2) is 48.4 Å². The average Bonchev–Trinajstić information content (AvgIpc) is 3.19. The Morgan fingerprint density at radius 2 is 2.19 bits per heavy atom. The molecule has 1 unspecified atom stereocenters. The van der Waals surface area contributed by atoms with Crippen LogP contribution in [0.4, 0.5) is 0 Å². The van der Waals surface area contributed by atoms with Crippen LogP contribution in [0.3, 0.4) is 0 Å². The van der Waals surface area contributed by atoms with Crippen molar-refractivity contribution in [2.45, 2.75) is 38.2 Å². The molecule has 1 aliphatic rings. The molecule has 2 aromatic rings. The molecule has 6 heteroatoms. The van der Waals surface area contributed by atoms with Crippen LogP contribution >= 0.6 is 0 Å². The predicted octanol–water partition coefficient (Wildman–Crippen LogP) is 3.00. The Bertz CT molecular complexity index is 716. The maximum Gasteiger partial charge on any atom is 0.223 e. The lowest BCUT2D eigenvalue weighted by atomic mass is 9.93. The summed E-state index contributed by atoms with van der Waals surface area (Å²) >= 11 is 0. The number of aromatic nitrogens is 1. The summed E-state index contributed by atoms with van der Waals surface area (Å²) in [5.41, 5.74) is 0.622. The molecule has 6 nitrogen and oxygen atoms in total. The second-order valence-electron chi connectivity index (χ2n) is 6.84. The molecule has 1 aromatic heterocycles. The molecule has 0 bridgehead atoms. The number of aryl methyl sites for hydroxylation is 2. The minimum Gasteiger partial charge on any atom is -0.490 e. The first kappa shape index (κ1) is 18.5. The van der Waals surface area contributed by atoms with E-state index in [1.165, 1.54) is 0 Å². The van der Waals surface area contributed by atoms with E-state index < -0.39 is 5.60 Å². The van der Waals surface area contributed by atoms with Crippen molar-refractivity contribution in [2.24, 2.45) is 0 Å². The van der Waals surface area contributed by atoms with Crippen molar-refractivity contribution >= 4 is 5.91 Å². The highest BCUT2D eigenvalue weighted by Crippen LogP contribution is 2.27. The molecule has 1 amide bonds. The summed E-state index contributed by atoms with van der Waals surface area (Å²) < 4.78 is 16.9. The van der Waals surface area contributed by atoms with Crippen LogP contribution in [0.1, 0.15) is 30.6 Å². The average molecular weight is 358 g/mol. The molecule has 0 N–H and O–H groups in total. The molecule has 1 atom stereocenters. The Morgan fingerprint density at radius 3 is 2.92 bits per heavy atom. The molecular formula is C20H26N2O4. The van der Waals surface area contributed by atoms with E-state index in [2.05, 4.69) is 5.16 Å². The third-order valence-corrected chi connectivity index (χ3v) is 4.99. The van der Waals surface area contributed by atoms with Crippen LogP contribution in [-0.2, 0) is 16.0 Å². The number of hydrogen-bond acceptors (Lipinski definition) is 5. The summed E-state index contributed by atoms with van der Waals surface area (Å²) in [6, 6.07) is 9.72. The number of para-hydroxylation sites is 1. The zero-order chi connectivity index (χ0) is 18.4. The lowest BCUT2D eigenvalue weighted by Crippen LogP contribution is -2.54. The second kappa shape index (κ2) is 8.36. The van der Waals surface area contributed by atoms with Gasteiger partial charge in [-0.05, 0) is 31.4 Å². The number of carbonyl (C=O) groups is 1. The molecule has 0 radical (unpaired) electrons. The van der Waals surface area contributed by atoms with Gasteiger partial charge in [0, 0.05) is 32.6 Å². The molecule has 0 saturated carbocycles. The number of carbonyl (C=O) groups excluding carboxylic acids is 1. The van der Waals surface area contributed by atoms with Crippen molar-refractivity contribution in [1.29, 1.82) is 0 Å². The topological polar surface area (TPSA) is 64.8 Å². The number of hydrogen-bond donors (Lipinski definition) is 0. The smallest absolute Gasteiger partial charge is 0.223 e. The first-order chi connectivity index (χ1) is 12.6. The van der Waals surface area contributed by atoms with Crippen molar-refractivity contribution in [1.82, 2.24) is 10.1 Å².